The summed E-state index contributed by atoms with van der Waals surface area (Å²) < 4.78 is 5.16. The molecule has 0 aromatic carbocycles. The van der Waals surface area contributed by atoms with Crippen molar-refractivity contribution in [2.45, 2.75) is 32.9 Å². The van der Waals surface area contributed by atoms with Crippen LogP contribution in [0.4, 0.5) is 0 Å². The zero-order valence-corrected chi connectivity index (χ0v) is 10.9. The summed E-state index contributed by atoms with van der Waals surface area (Å²) in [6.07, 6.45) is 0. The highest BCUT2D eigenvalue weighted by Crippen LogP contribution is 2.06. The summed E-state index contributed by atoms with van der Waals surface area (Å²) >= 11 is 0. The Balaban J connectivity index is 2.44. The maximum Gasteiger partial charge on any atom is 0.287 e. The highest BCUT2D eigenvalue weighted by molar-refractivity contribution is 5.94. The molecular formula is C12H19N3O3. The van der Waals surface area contributed by atoms with Crippen LogP contribution in [0, 0.1) is 0 Å². The van der Waals surface area contributed by atoms with E-state index in [0.717, 1.165) is 0 Å². The summed E-state index contributed by atoms with van der Waals surface area (Å²) in [7, 11) is 0. The van der Waals surface area contributed by atoms with Gasteiger partial charge in [0.05, 0.1) is 13.1 Å². The van der Waals surface area contributed by atoms with Crippen molar-refractivity contribution in [3.63, 3.8) is 0 Å². The highest BCUT2D eigenvalue weighted by Gasteiger charge is 2.16. The van der Waals surface area contributed by atoms with Crippen LogP contribution >= 0.6 is 0 Å². The van der Waals surface area contributed by atoms with Gasteiger partial charge in [-0.15, -0.1) is 0 Å². The van der Waals surface area contributed by atoms with Crippen molar-refractivity contribution >= 4 is 11.8 Å². The number of nitrogens with two attached hydrogens (primary N) is 1. The third-order valence-electron chi connectivity index (χ3n) is 2.01. The molecule has 0 unspecified atom stereocenters. The maximum absolute atomic E-state index is 11.6. The van der Waals surface area contributed by atoms with Gasteiger partial charge >= 0.3 is 0 Å². The number of rotatable bonds is 4. The van der Waals surface area contributed by atoms with Crippen LogP contribution < -0.4 is 16.4 Å². The summed E-state index contributed by atoms with van der Waals surface area (Å²) in [5, 5.41) is 5.21. The second-order valence-electron chi connectivity index (χ2n) is 4.95. The van der Waals surface area contributed by atoms with Crippen molar-refractivity contribution in [2.75, 3.05) is 6.54 Å². The van der Waals surface area contributed by atoms with Gasteiger partial charge < -0.3 is 20.8 Å². The van der Waals surface area contributed by atoms with Crippen molar-refractivity contribution in [2.24, 2.45) is 5.73 Å². The smallest absolute Gasteiger partial charge is 0.287 e. The number of amides is 2. The molecule has 6 heteroatoms. The minimum atomic E-state index is -0.432. The first-order chi connectivity index (χ1) is 8.31. The monoisotopic (exact) mass is 253 g/mol. The molecule has 0 bridgehead atoms. The van der Waals surface area contributed by atoms with E-state index in [9.17, 15) is 9.59 Å². The fourth-order valence-electron chi connectivity index (χ4n) is 1.32. The fraction of sp³-hybridized carbons (Fsp3) is 0.500. The lowest BCUT2D eigenvalue weighted by Crippen LogP contribution is -2.45. The van der Waals surface area contributed by atoms with Gasteiger partial charge in [0.15, 0.2) is 5.76 Å². The molecule has 2 amide bonds. The van der Waals surface area contributed by atoms with E-state index in [2.05, 4.69) is 10.6 Å². The molecule has 6 nitrogen and oxygen atoms in total. The summed E-state index contributed by atoms with van der Waals surface area (Å²) in [6, 6.07) is 3.16. The minimum Gasteiger partial charge on any atom is -0.455 e. The predicted molar refractivity (Wildman–Crippen MR) is 66.8 cm³/mol. The van der Waals surface area contributed by atoms with Crippen LogP contribution in [0.25, 0.3) is 0 Å². The Morgan fingerprint density at radius 1 is 1.33 bits per heavy atom. The molecule has 1 rings (SSSR count). The Bertz CT molecular complexity index is 432. The van der Waals surface area contributed by atoms with Crippen molar-refractivity contribution < 1.29 is 14.0 Å². The summed E-state index contributed by atoms with van der Waals surface area (Å²) in [5.74, 6) is -0.00137. The van der Waals surface area contributed by atoms with Crippen LogP contribution in [0.2, 0.25) is 0 Å². The molecule has 0 aliphatic rings. The number of furan rings is 1. The third kappa shape index (κ3) is 4.58. The Kier molecular flexibility index (Phi) is 4.49. The number of hydrogen-bond acceptors (Lipinski definition) is 4. The Morgan fingerprint density at radius 2 is 2.00 bits per heavy atom. The molecular weight excluding hydrogens is 234 g/mol. The Labute approximate surface area is 106 Å². The predicted octanol–water partition coefficient (Wildman–Crippen LogP) is 0.383. The van der Waals surface area contributed by atoms with Gasteiger partial charge in [-0.25, -0.2) is 0 Å². The molecule has 18 heavy (non-hydrogen) atoms. The van der Waals surface area contributed by atoms with Crippen LogP contribution in [-0.2, 0) is 11.3 Å². The van der Waals surface area contributed by atoms with E-state index in [4.69, 9.17) is 10.2 Å². The first kappa shape index (κ1) is 14.2. The van der Waals surface area contributed by atoms with Crippen LogP contribution in [0.1, 0.15) is 37.1 Å². The average Bonchev–Trinajstić information content (AvgIpc) is 2.72. The van der Waals surface area contributed by atoms with Gasteiger partial charge in [0.25, 0.3) is 5.91 Å². The molecule has 0 aliphatic heterocycles. The van der Waals surface area contributed by atoms with Crippen molar-refractivity contribution in [1.29, 1.82) is 0 Å². The fourth-order valence-corrected chi connectivity index (χ4v) is 1.32. The zero-order valence-electron chi connectivity index (χ0n) is 10.9. The molecule has 0 saturated heterocycles. The molecule has 1 aromatic heterocycles. The molecule has 0 spiro atoms. The molecule has 0 aliphatic carbocycles. The molecule has 100 valence electrons. The molecule has 0 saturated carbocycles. The van der Waals surface area contributed by atoms with Crippen molar-refractivity contribution in [3.8, 4) is 0 Å². The Hall–Kier alpha value is -1.82. The molecule has 0 radical (unpaired) electrons. The molecule has 1 aromatic rings. The zero-order chi connectivity index (χ0) is 13.8. The number of carbonyl (C=O) groups excluding carboxylic acids is 2. The largest absolute Gasteiger partial charge is 0.455 e. The van der Waals surface area contributed by atoms with E-state index in [1.54, 1.807) is 6.07 Å². The Morgan fingerprint density at radius 3 is 2.50 bits per heavy atom. The van der Waals surface area contributed by atoms with Crippen LogP contribution in [0.15, 0.2) is 16.5 Å². The SMILES string of the molecule is CC(C)(C)NC(=O)CNC(=O)c1ccc(CN)o1. The van der Waals surface area contributed by atoms with Gasteiger partial charge in [-0.2, -0.15) is 0 Å². The quantitative estimate of drug-likeness (QED) is 0.722. The van der Waals surface area contributed by atoms with Gasteiger partial charge in [-0.05, 0) is 32.9 Å². The molecule has 0 fully saturated rings. The third-order valence-corrected chi connectivity index (χ3v) is 2.01. The molecule has 1 heterocycles. The van der Waals surface area contributed by atoms with E-state index in [1.807, 2.05) is 20.8 Å². The maximum atomic E-state index is 11.6. The topological polar surface area (TPSA) is 97.4 Å². The molecule has 4 N–H and O–H groups in total. The second-order valence-corrected chi connectivity index (χ2v) is 4.95. The van der Waals surface area contributed by atoms with Crippen molar-refractivity contribution in [1.82, 2.24) is 10.6 Å². The first-order valence-electron chi connectivity index (χ1n) is 5.70. The minimum absolute atomic E-state index is 0.0885. The normalized spacial score (nSPS) is 11.1. The van der Waals surface area contributed by atoms with E-state index in [0.29, 0.717) is 5.76 Å². The van der Waals surface area contributed by atoms with Crippen LogP contribution in [0.5, 0.6) is 0 Å². The van der Waals surface area contributed by atoms with Gasteiger partial charge in [-0.1, -0.05) is 0 Å². The van der Waals surface area contributed by atoms with Gasteiger partial charge in [0.1, 0.15) is 5.76 Å². The number of carbonyl (C=O) groups is 2. The van der Waals surface area contributed by atoms with Crippen molar-refractivity contribution in [3.05, 3.63) is 23.7 Å². The van der Waals surface area contributed by atoms with E-state index >= 15 is 0 Å². The van der Waals surface area contributed by atoms with Gasteiger partial charge in [0, 0.05) is 5.54 Å². The van der Waals surface area contributed by atoms with Gasteiger partial charge in [0.2, 0.25) is 5.91 Å². The number of hydrogen-bond donors (Lipinski definition) is 3. The van der Waals surface area contributed by atoms with E-state index in [-0.39, 0.29) is 30.3 Å². The summed E-state index contributed by atoms with van der Waals surface area (Å²) in [6.45, 7) is 5.75. The average molecular weight is 253 g/mol. The van der Waals surface area contributed by atoms with E-state index in [1.165, 1.54) is 6.07 Å². The van der Waals surface area contributed by atoms with Crippen LogP contribution in [-0.4, -0.2) is 23.9 Å². The van der Waals surface area contributed by atoms with Crippen LogP contribution in [0.3, 0.4) is 0 Å². The van der Waals surface area contributed by atoms with E-state index < -0.39 is 5.91 Å². The molecule has 0 atom stereocenters. The first-order valence-corrected chi connectivity index (χ1v) is 5.70. The summed E-state index contributed by atoms with van der Waals surface area (Å²) in [5.41, 5.74) is 5.05. The van der Waals surface area contributed by atoms with Gasteiger partial charge in [-0.3, -0.25) is 9.59 Å². The lowest BCUT2D eigenvalue weighted by atomic mass is 10.1. The highest BCUT2D eigenvalue weighted by atomic mass is 16.4. The number of nitrogens with one attached hydrogen (secondary N) is 2. The second kappa shape index (κ2) is 5.68. The standard InChI is InChI=1S/C12H19N3O3/c1-12(2,3)15-10(16)7-14-11(17)9-5-4-8(6-13)18-9/h4-5H,6-7,13H2,1-3H3,(H,14,17)(H,15,16). The summed E-state index contributed by atoms with van der Waals surface area (Å²) in [4.78, 5) is 23.1. The lowest BCUT2D eigenvalue weighted by Gasteiger charge is -2.20. The lowest BCUT2D eigenvalue weighted by molar-refractivity contribution is -0.121.